The minimum atomic E-state index is -3.59. The normalized spacial score (nSPS) is 15.5. The molecule has 1 N–H and O–H groups in total. The number of nitrogens with one attached hydrogen (secondary N) is 1. The van der Waals surface area contributed by atoms with E-state index in [1.165, 1.54) is 10.4 Å². The van der Waals surface area contributed by atoms with Crippen LogP contribution in [0.15, 0.2) is 41.3 Å². The first-order valence-electron chi connectivity index (χ1n) is 10.6. The zero-order valence-electron chi connectivity index (χ0n) is 19.3. The molecular formula is C23H30N2O7S. The number of hydrogen-bond donors (Lipinski definition) is 1. The standard InChI is InChI=1S/C23H30N2O7S/c1-16-13-19(33(27,28)25-9-11-31-12-10-25)6-8-20(16)32-15-23(26)24-17(2)18-5-7-21(29-3)22(14-18)30-4/h5-8,13-14,17H,9-12,15H2,1-4H3,(H,24,26)/t17-/m0/s1. The van der Waals surface area contributed by atoms with Crippen molar-refractivity contribution in [2.75, 3.05) is 47.1 Å². The molecule has 1 saturated heterocycles. The summed E-state index contributed by atoms with van der Waals surface area (Å²) in [5, 5.41) is 2.88. The number of ether oxygens (including phenoxy) is 4. The van der Waals surface area contributed by atoms with Gasteiger partial charge in [-0.2, -0.15) is 4.31 Å². The molecule has 0 aliphatic carbocycles. The van der Waals surface area contributed by atoms with E-state index < -0.39 is 10.0 Å². The van der Waals surface area contributed by atoms with E-state index in [2.05, 4.69) is 5.32 Å². The van der Waals surface area contributed by atoms with Crippen LogP contribution in [-0.2, 0) is 19.6 Å². The molecule has 1 heterocycles. The maximum atomic E-state index is 12.8. The highest BCUT2D eigenvalue weighted by atomic mass is 32.2. The Hall–Kier alpha value is -2.82. The highest BCUT2D eigenvalue weighted by Gasteiger charge is 2.26. The van der Waals surface area contributed by atoms with Gasteiger partial charge in [0, 0.05) is 13.1 Å². The lowest BCUT2D eigenvalue weighted by atomic mass is 10.1. The second-order valence-electron chi connectivity index (χ2n) is 7.64. The summed E-state index contributed by atoms with van der Waals surface area (Å²) in [7, 11) is -0.474. The summed E-state index contributed by atoms with van der Waals surface area (Å²) in [5.41, 5.74) is 1.49. The quantitative estimate of drug-likeness (QED) is 0.590. The predicted octanol–water partition coefficient (Wildman–Crippen LogP) is 2.29. The highest BCUT2D eigenvalue weighted by Crippen LogP contribution is 2.30. The van der Waals surface area contributed by atoms with E-state index in [9.17, 15) is 13.2 Å². The van der Waals surface area contributed by atoms with Crippen molar-refractivity contribution in [1.29, 1.82) is 0 Å². The van der Waals surface area contributed by atoms with Crippen molar-refractivity contribution >= 4 is 15.9 Å². The fraction of sp³-hybridized carbons (Fsp3) is 0.435. The van der Waals surface area contributed by atoms with Gasteiger partial charge < -0.3 is 24.3 Å². The number of sulfonamides is 1. The molecule has 0 spiro atoms. The maximum absolute atomic E-state index is 12.8. The van der Waals surface area contributed by atoms with Gasteiger partial charge in [0.1, 0.15) is 5.75 Å². The largest absolute Gasteiger partial charge is 0.493 e. The summed E-state index contributed by atoms with van der Waals surface area (Å²) in [5.74, 6) is 1.33. The molecule has 2 aromatic rings. The molecule has 33 heavy (non-hydrogen) atoms. The van der Waals surface area contributed by atoms with Gasteiger partial charge in [-0.1, -0.05) is 6.07 Å². The van der Waals surface area contributed by atoms with Crippen molar-refractivity contribution in [3.8, 4) is 17.2 Å². The molecule has 1 fully saturated rings. The molecule has 1 atom stereocenters. The number of methoxy groups -OCH3 is 2. The first-order chi connectivity index (χ1) is 15.8. The van der Waals surface area contributed by atoms with E-state index in [0.717, 1.165) is 5.56 Å². The number of morpholine rings is 1. The van der Waals surface area contributed by atoms with Gasteiger partial charge in [-0.3, -0.25) is 4.79 Å². The van der Waals surface area contributed by atoms with Gasteiger partial charge in [0.2, 0.25) is 10.0 Å². The molecule has 0 bridgehead atoms. The van der Waals surface area contributed by atoms with Crippen LogP contribution in [0.5, 0.6) is 17.2 Å². The van der Waals surface area contributed by atoms with E-state index in [0.29, 0.717) is 49.1 Å². The van der Waals surface area contributed by atoms with Gasteiger partial charge in [-0.25, -0.2) is 8.42 Å². The molecule has 180 valence electrons. The Labute approximate surface area is 194 Å². The van der Waals surface area contributed by atoms with Crippen LogP contribution in [0, 0.1) is 6.92 Å². The summed E-state index contributed by atoms with van der Waals surface area (Å²) in [6, 6.07) is 9.80. The Bertz CT molecular complexity index is 1080. The van der Waals surface area contributed by atoms with Gasteiger partial charge in [-0.15, -0.1) is 0 Å². The molecule has 1 amide bonds. The topological polar surface area (TPSA) is 103 Å². The monoisotopic (exact) mass is 478 g/mol. The minimum Gasteiger partial charge on any atom is -0.493 e. The molecule has 9 nitrogen and oxygen atoms in total. The Morgan fingerprint density at radius 1 is 1.06 bits per heavy atom. The fourth-order valence-corrected chi connectivity index (χ4v) is 5.01. The predicted molar refractivity (Wildman–Crippen MR) is 122 cm³/mol. The van der Waals surface area contributed by atoms with Crippen LogP contribution in [0.1, 0.15) is 24.1 Å². The number of carbonyl (C=O) groups excluding carboxylic acids is 1. The molecule has 0 saturated carbocycles. The lowest BCUT2D eigenvalue weighted by Gasteiger charge is -2.26. The van der Waals surface area contributed by atoms with E-state index in [1.807, 2.05) is 19.1 Å². The number of benzene rings is 2. The van der Waals surface area contributed by atoms with Gasteiger partial charge in [0.15, 0.2) is 18.1 Å². The SMILES string of the molecule is COc1ccc([C@H](C)NC(=O)COc2ccc(S(=O)(=O)N3CCOCC3)cc2C)cc1OC. The third-order valence-corrected chi connectivity index (χ3v) is 7.29. The first kappa shape index (κ1) is 24.8. The van der Waals surface area contributed by atoms with Crippen molar-refractivity contribution < 1.29 is 32.2 Å². The molecule has 1 aliphatic heterocycles. The molecule has 0 aromatic heterocycles. The number of hydrogen-bond acceptors (Lipinski definition) is 7. The van der Waals surface area contributed by atoms with Crippen LogP contribution in [0.3, 0.4) is 0 Å². The zero-order valence-corrected chi connectivity index (χ0v) is 20.1. The Morgan fingerprint density at radius 3 is 2.36 bits per heavy atom. The molecule has 0 radical (unpaired) electrons. The third-order valence-electron chi connectivity index (χ3n) is 5.40. The number of aryl methyl sites for hydroxylation is 1. The average Bonchev–Trinajstić information content (AvgIpc) is 2.83. The minimum absolute atomic E-state index is 0.195. The van der Waals surface area contributed by atoms with Crippen LogP contribution in [0.4, 0.5) is 0 Å². The van der Waals surface area contributed by atoms with E-state index in [4.69, 9.17) is 18.9 Å². The van der Waals surface area contributed by atoms with Gasteiger partial charge in [0.25, 0.3) is 5.91 Å². The summed E-state index contributed by atoms with van der Waals surface area (Å²) in [6.45, 7) is 4.84. The fourth-order valence-electron chi connectivity index (χ4n) is 3.51. The van der Waals surface area contributed by atoms with Crippen molar-refractivity contribution in [3.05, 3.63) is 47.5 Å². The summed E-state index contributed by atoms with van der Waals surface area (Å²) >= 11 is 0. The average molecular weight is 479 g/mol. The van der Waals surface area contributed by atoms with Crippen LogP contribution < -0.4 is 19.5 Å². The lowest BCUT2D eigenvalue weighted by molar-refractivity contribution is -0.123. The Morgan fingerprint density at radius 2 is 1.73 bits per heavy atom. The summed E-state index contributed by atoms with van der Waals surface area (Å²) < 4.78 is 48.4. The molecule has 1 aliphatic rings. The van der Waals surface area contributed by atoms with Crippen LogP contribution in [0.2, 0.25) is 0 Å². The number of nitrogens with zero attached hydrogens (tertiary/aromatic N) is 1. The summed E-state index contributed by atoms with van der Waals surface area (Å²) in [6.07, 6.45) is 0. The second kappa shape index (κ2) is 10.9. The second-order valence-corrected chi connectivity index (χ2v) is 9.57. The summed E-state index contributed by atoms with van der Waals surface area (Å²) in [4.78, 5) is 12.6. The van der Waals surface area contributed by atoms with Crippen LogP contribution in [-0.4, -0.2) is 65.8 Å². The van der Waals surface area contributed by atoms with E-state index in [1.54, 1.807) is 39.3 Å². The van der Waals surface area contributed by atoms with Crippen LogP contribution >= 0.6 is 0 Å². The van der Waals surface area contributed by atoms with E-state index in [-0.39, 0.29) is 23.5 Å². The smallest absolute Gasteiger partial charge is 0.258 e. The molecule has 3 rings (SSSR count). The Balaban J connectivity index is 1.60. The lowest BCUT2D eigenvalue weighted by Crippen LogP contribution is -2.40. The molecule has 0 unspecified atom stereocenters. The molecule has 10 heteroatoms. The number of amides is 1. The number of carbonyl (C=O) groups is 1. The third kappa shape index (κ3) is 5.95. The maximum Gasteiger partial charge on any atom is 0.258 e. The van der Waals surface area contributed by atoms with E-state index >= 15 is 0 Å². The van der Waals surface area contributed by atoms with Gasteiger partial charge in [-0.05, 0) is 55.3 Å². The first-order valence-corrected chi connectivity index (χ1v) is 12.0. The van der Waals surface area contributed by atoms with Crippen molar-refractivity contribution in [3.63, 3.8) is 0 Å². The molecular weight excluding hydrogens is 448 g/mol. The number of rotatable bonds is 9. The zero-order chi connectivity index (χ0) is 24.0. The Kier molecular flexibility index (Phi) is 8.17. The van der Waals surface area contributed by atoms with Crippen molar-refractivity contribution in [1.82, 2.24) is 9.62 Å². The van der Waals surface area contributed by atoms with Crippen LogP contribution in [0.25, 0.3) is 0 Å². The highest BCUT2D eigenvalue weighted by molar-refractivity contribution is 7.89. The van der Waals surface area contributed by atoms with Crippen molar-refractivity contribution in [2.24, 2.45) is 0 Å². The molecule has 2 aromatic carbocycles. The van der Waals surface area contributed by atoms with Crippen molar-refractivity contribution in [2.45, 2.75) is 24.8 Å². The van der Waals surface area contributed by atoms with Gasteiger partial charge in [0.05, 0.1) is 38.4 Å². The van der Waals surface area contributed by atoms with Gasteiger partial charge >= 0.3 is 0 Å².